The van der Waals surface area contributed by atoms with Crippen LogP contribution in [0.15, 0.2) is 0 Å². The summed E-state index contributed by atoms with van der Waals surface area (Å²) in [7, 11) is -3.99. The molecule has 0 fully saturated rings. The Morgan fingerprint density at radius 3 is 1.24 bits per heavy atom. The zero-order chi connectivity index (χ0) is 39.1. The first-order valence-electron chi connectivity index (χ1n) is 21.7. The van der Waals surface area contributed by atoms with E-state index in [0.717, 1.165) is 38.9 Å². The van der Waals surface area contributed by atoms with Gasteiger partial charge in [0.15, 0.2) is 22.7 Å². The largest absolute Gasteiger partial charge is 0.479 e. The van der Waals surface area contributed by atoms with Gasteiger partial charge in [-0.3, -0.25) is 4.90 Å². The molecule has 0 aromatic rings. The maximum atomic E-state index is 11.5. The van der Waals surface area contributed by atoms with Crippen LogP contribution in [0.2, 0.25) is 36.3 Å². The Hall–Kier alpha value is -0.256. The molecule has 3 unspecified atom stereocenters. The molecule has 6 nitrogen and oxygen atoms in total. The minimum Gasteiger partial charge on any atom is -0.479 e. The minimum atomic E-state index is -2.00. The monoisotopic (exact) mass is 758 g/mol. The fraction of sp³-hybridized carbons (Fsp3) is 0.977. The number of hydrogen-bond acceptors (Lipinski definition) is 5. The molecule has 0 radical (unpaired) electrons. The van der Waals surface area contributed by atoms with Gasteiger partial charge < -0.3 is 19.1 Å². The van der Waals surface area contributed by atoms with E-state index in [9.17, 15) is 15.0 Å². The number of rotatable bonds is 32. The van der Waals surface area contributed by atoms with Gasteiger partial charge in [-0.15, -0.1) is 0 Å². The summed E-state index contributed by atoms with van der Waals surface area (Å²) in [6.45, 7) is 32.6. The van der Waals surface area contributed by atoms with Crippen LogP contribution >= 0.6 is 0 Å². The zero-order valence-electron chi connectivity index (χ0n) is 36.6. The number of carboxylic acid groups (broad SMARTS) is 1. The van der Waals surface area contributed by atoms with Gasteiger partial charge in [-0.05, 0) is 74.4 Å². The highest BCUT2D eigenvalue weighted by atomic mass is 28.4. The quantitative estimate of drug-likeness (QED) is 0.0525. The highest BCUT2D eigenvalue weighted by Crippen LogP contribution is 2.39. The highest BCUT2D eigenvalue weighted by Gasteiger charge is 2.41. The summed E-state index contributed by atoms with van der Waals surface area (Å²) >= 11 is 0. The molecule has 0 amide bonds. The molecule has 306 valence electrons. The third-order valence-electron chi connectivity index (χ3n) is 12.1. The van der Waals surface area contributed by atoms with Crippen LogP contribution in [0.4, 0.5) is 0 Å². The van der Waals surface area contributed by atoms with Crippen molar-refractivity contribution < 1.29 is 23.9 Å². The Morgan fingerprint density at radius 2 is 0.922 bits per heavy atom. The minimum absolute atomic E-state index is 0.141. The number of aliphatic carboxylic acids is 1. The lowest BCUT2D eigenvalue weighted by Gasteiger charge is -2.43. The number of carbonyl (C=O) groups is 1. The third kappa shape index (κ3) is 23.3. The molecule has 51 heavy (non-hydrogen) atoms. The molecule has 0 spiro atoms. The van der Waals surface area contributed by atoms with Crippen LogP contribution in [0.25, 0.3) is 0 Å². The zero-order valence-corrected chi connectivity index (χ0v) is 38.6. The van der Waals surface area contributed by atoms with Gasteiger partial charge in [0.2, 0.25) is 0 Å². The van der Waals surface area contributed by atoms with E-state index in [1.54, 1.807) is 0 Å². The first-order valence-corrected chi connectivity index (χ1v) is 27.5. The Bertz CT molecular complexity index is 815. The molecule has 0 aromatic carbocycles. The van der Waals surface area contributed by atoms with Crippen LogP contribution in [0.5, 0.6) is 0 Å². The van der Waals surface area contributed by atoms with E-state index in [4.69, 9.17) is 8.85 Å². The van der Waals surface area contributed by atoms with Crippen molar-refractivity contribution in [3.05, 3.63) is 0 Å². The fourth-order valence-electron chi connectivity index (χ4n) is 6.44. The van der Waals surface area contributed by atoms with Crippen molar-refractivity contribution in [3.63, 3.8) is 0 Å². The first kappa shape index (κ1) is 50.7. The Kier molecular flexibility index (Phi) is 26.4. The SMILES string of the molecule is CCCCCCCCCCC(CN(CCCC(C)C(O)C(=O)O)C[C@@H](CCCCCCCCCC)O[Si](C)(C)C(C)(C)C)O[Si](C)(C)C(C)(C)C. The van der Waals surface area contributed by atoms with Gasteiger partial charge in [-0.1, -0.05) is 165 Å². The number of hydrogen-bond donors (Lipinski definition) is 2. The van der Waals surface area contributed by atoms with Crippen LogP contribution in [0, 0.1) is 5.92 Å². The lowest BCUT2D eigenvalue weighted by atomic mass is 9.98. The van der Waals surface area contributed by atoms with Crippen molar-refractivity contribution in [2.24, 2.45) is 5.92 Å². The summed E-state index contributed by atoms with van der Waals surface area (Å²) in [6.07, 6.45) is 23.7. The number of unbranched alkanes of at least 4 members (excludes halogenated alkanes) is 14. The summed E-state index contributed by atoms with van der Waals surface area (Å²) < 4.78 is 14.5. The second-order valence-corrected chi connectivity index (χ2v) is 28.7. The predicted molar refractivity (Wildman–Crippen MR) is 227 cm³/mol. The van der Waals surface area contributed by atoms with E-state index in [0.29, 0.717) is 6.42 Å². The molecule has 0 aliphatic heterocycles. The molecule has 0 saturated carbocycles. The molecular weight excluding hydrogens is 667 g/mol. The number of nitrogens with zero attached hydrogens (tertiary/aromatic N) is 1. The Labute approximate surface area is 321 Å². The topological polar surface area (TPSA) is 79.2 Å². The van der Waals surface area contributed by atoms with E-state index in [1.807, 2.05) is 6.92 Å². The van der Waals surface area contributed by atoms with Crippen molar-refractivity contribution in [1.82, 2.24) is 4.90 Å². The van der Waals surface area contributed by atoms with Gasteiger partial charge >= 0.3 is 5.97 Å². The molecule has 0 rings (SSSR count). The van der Waals surface area contributed by atoms with E-state index in [2.05, 4.69) is 86.5 Å². The smallest absolute Gasteiger partial charge is 0.332 e. The van der Waals surface area contributed by atoms with Crippen molar-refractivity contribution in [3.8, 4) is 0 Å². The summed E-state index contributed by atoms with van der Waals surface area (Å²) in [5, 5.41) is 19.9. The van der Waals surface area contributed by atoms with Gasteiger partial charge in [-0.2, -0.15) is 0 Å². The van der Waals surface area contributed by atoms with Crippen molar-refractivity contribution in [2.45, 2.75) is 245 Å². The van der Waals surface area contributed by atoms with Gasteiger partial charge in [0.05, 0.1) is 12.2 Å². The summed E-state index contributed by atoms with van der Waals surface area (Å²) in [6, 6.07) is 0. The summed E-state index contributed by atoms with van der Waals surface area (Å²) in [5.41, 5.74) is 0. The van der Waals surface area contributed by atoms with Gasteiger partial charge in [0.1, 0.15) is 0 Å². The first-order chi connectivity index (χ1) is 23.7. The second kappa shape index (κ2) is 26.5. The molecule has 0 aromatic heterocycles. The number of aliphatic hydroxyl groups is 1. The van der Waals surface area contributed by atoms with E-state index in [1.165, 1.54) is 103 Å². The molecule has 0 aliphatic carbocycles. The molecule has 0 aliphatic rings. The van der Waals surface area contributed by atoms with Gasteiger partial charge in [0, 0.05) is 13.1 Å². The molecular formula is C43H91NO5Si2. The lowest BCUT2D eigenvalue weighted by molar-refractivity contribution is -0.149. The van der Waals surface area contributed by atoms with Crippen LogP contribution < -0.4 is 0 Å². The van der Waals surface area contributed by atoms with Crippen LogP contribution in [-0.2, 0) is 13.6 Å². The molecule has 8 heteroatoms. The standard InChI is InChI=1S/C43H91NO5Si2/c1-14-16-18-20-22-24-26-28-32-38(48-50(10,11)42(4,5)6)35-44(34-30-31-37(3)40(45)41(46)47)36-39(49-51(12,13)43(7,8)9)33-29-27-25-23-21-19-17-15-2/h37-40,45H,14-36H2,1-13H3,(H,46,47)/t37?,38-,39?,40?/m1/s1. The van der Waals surface area contributed by atoms with E-state index in [-0.39, 0.29) is 28.2 Å². The predicted octanol–water partition coefficient (Wildman–Crippen LogP) is 13.0. The van der Waals surface area contributed by atoms with Crippen LogP contribution in [-0.4, -0.2) is 75.7 Å². The summed E-state index contributed by atoms with van der Waals surface area (Å²) in [5.74, 6) is -1.40. The fourth-order valence-corrected chi connectivity index (χ4v) is 9.20. The van der Waals surface area contributed by atoms with Crippen molar-refractivity contribution in [2.75, 3.05) is 19.6 Å². The normalized spacial score (nSPS) is 15.7. The lowest BCUT2D eigenvalue weighted by Crippen LogP contribution is -2.50. The Morgan fingerprint density at radius 1 is 0.588 bits per heavy atom. The maximum absolute atomic E-state index is 11.5. The Balaban J connectivity index is 6.08. The van der Waals surface area contributed by atoms with Crippen molar-refractivity contribution >= 4 is 22.6 Å². The van der Waals surface area contributed by atoms with E-state index >= 15 is 0 Å². The molecule has 4 atom stereocenters. The molecule has 2 N–H and O–H groups in total. The van der Waals surface area contributed by atoms with Crippen LogP contribution in [0.3, 0.4) is 0 Å². The summed E-state index contributed by atoms with van der Waals surface area (Å²) in [4.78, 5) is 14.1. The third-order valence-corrected chi connectivity index (χ3v) is 21.2. The maximum Gasteiger partial charge on any atom is 0.332 e. The average Bonchev–Trinajstić information content (AvgIpc) is 3.01. The average molecular weight is 758 g/mol. The van der Waals surface area contributed by atoms with Gasteiger partial charge in [0.25, 0.3) is 0 Å². The number of carboxylic acids is 1. The molecule has 0 bridgehead atoms. The molecule has 0 heterocycles. The van der Waals surface area contributed by atoms with Crippen molar-refractivity contribution in [1.29, 1.82) is 0 Å². The van der Waals surface area contributed by atoms with Crippen LogP contribution in [0.1, 0.15) is 191 Å². The highest BCUT2D eigenvalue weighted by molar-refractivity contribution is 6.74. The van der Waals surface area contributed by atoms with Gasteiger partial charge in [-0.25, -0.2) is 4.79 Å². The van der Waals surface area contributed by atoms with E-state index < -0.39 is 28.7 Å². The second-order valence-electron chi connectivity index (χ2n) is 19.2. The molecule has 0 saturated heterocycles. The number of aliphatic hydroxyl groups excluding tert-OH is 1.